The average Bonchev–Trinajstić information content (AvgIpc) is 3.43. The summed E-state index contributed by atoms with van der Waals surface area (Å²) >= 11 is 0. The van der Waals surface area contributed by atoms with Crippen LogP contribution in [0.1, 0.15) is 296 Å². The van der Waals surface area contributed by atoms with E-state index in [0.717, 1.165) is 70.6 Å². The number of rotatable bonds is 56. The van der Waals surface area contributed by atoms with Gasteiger partial charge >= 0.3 is 0 Å². The number of allylic oxidation sites excluding steroid dienone is 11. The lowest BCUT2D eigenvalue weighted by Gasteiger charge is -2.40. The van der Waals surface area contributed by atoms with Gasteiger partial charge in [0.2, 0.25) is 5.91 Å². The summed E-state index contributed by atoms with van der Waals surface area (Å²) in [5.41, 5.74) is 0. The number of aliphatic hydroxyl groups is 5. The van der Waals surface area contributed by atoms with Gasteiger partial charge in [-0.25, -0.2) is 0 Å². The summed E-state index contributed by atoms with van der Waals surface area (Å²) in [6.45, 7) is 3.69. The third-order valence-corrected chi connectivity index (χ3v) is 15.3. The third-order valence-electron chi connectivity index (χ3n) is 15.3. The summed E-state index contributed by atoms with van der Waals surface area (Å²) in [4.78, 5) is 13.1. The Labute approximate surface area is 474 Å². The first-order valence-electron chi connectivity index (χ1n) is 32.7. The van der Waals surface area contributed by atoms with Crippen LogP contribution in [0.2, 0.25) is 0 Å². The molecule has 0 saturated carbocycles. The maximum absolute atomic E-state index is 13.1. The summed E-state index contributed by atoms with van der Waals surface area (Å²) in [6.07, 6.45) is 72.8. The molecular weight excluding hydrogens is 959 g/mol. The number of ether oxygens (including phenoxy) is 2. The molecule has 0 bridgehead atoms. The highest BCUT2D eigenvalue weighted by Crippen LogP contribution is 2.23. The SMILES string of the molecule is CC/C=C\C/C=C\C/C=C\C/C=C\C/C=C\CCCCCCCCCCCCCCCCCCCCCCCC(=O)NC(COC1OC(CO)C(O)C(O)C1O)C(O)/C=C/CCCCCCCCCCCCCCCCC. The van der Waals surface area contributed by atoms with Crippen molar-refractivity contribution in [1.29, 1.82) is 0 Å². The quantitative estimate of drug-likeness (QED) is 0.0261. The Morgan fingerprint density at radius 3 is 1.19 bits per heavy atom. The molecule has 77 heavy (non-hydrogen) atoms. The standard InChI is InChI=1S/C68H123NO8/c1-3-5-7-9-11-13-15-17-19-21-22-23-24-25-26-27-28-29-30-31-32-33-34-35-36-37-38-39-40-42-44-46-48-50-52-54-56-58-64(72)69-61(60-76-68-67(75)66(74)65(73)63(59-70)77-68)62(71)57-55-53-51-49-47-45-43-41-20-18-16-14-12-10-8-6-4-2/h5,7,11,13,17,19,22-23,25-26,55,57,61-63,65-68,70-71,73-75H,3-4,6,8-10,12,14-16,18,20-21,24,27-54,56,58-60H2,1-2H3,(H,69,72)/b7-5-,13-11-,19-17-,23-22-,26-25-,57-55+. The Bertz CT molecular complexity index is 1440. The van der Waals surface area contributed by atoms with E-state index >= 15 is 0 Å². The van der Waals surface area contributed by atoms with Crippen molar-refractivity contribution in [2.24, 2.45) is 0 Å². The second-order valence-electron chi connectivity index (χ2n) is 22.5. The Balaban J connectivity index is 2.09. The van der Waals surface area contributed by atoms with E-state index in [1.54, 1.807) is 6.08 Å². The van der Waals surface area contributed by atoms with Crippen molar-refractivity contribution in [1.82, 2.24) is 5.32 Å². The molecule has 1 rings (SSSR count). The van der Waals surface area contributed by atoms with E-state index in [1.165, 1.54) is 205 Å². The Morgan fingerprint density at radius 2 is 0.805 bits per heavy atom. The van der Waals surface area contributed by atoms with E-state index in [-0.39, 0.29) is 12.5 Å². The van der Waals surface area contributed by atoms with Crippen LogP contribution in [0.3, 0.4) is 0 Å². The smallest absolute Gasteiger partial charge is 0.220 e. The molecule has 1 heterocycles. The summed E-state index contributed by atoms with van der Waals surface area (Å²) in [6, 6.07) is -0.806. The predicted molar refractivity (Wildman–Crippen MR) is 327 cm³/mol. The molecule has 6 N–H and O–H groups in total. The van der Waals surface area contributed by atoms with Crippen molar-refractivity contribution in [2.45, 2.75) is 339 Å². The molecule has 9 heteroatoms. The van der Waals surface area contributed by atoms with Gasteiger partial charge in [-0.05, 0) is 64.2 Å². The van der Waals surface area contributed by atoms with Gasteiger partial charge in [0.15, 0.2) is 6.29 Å². The van der Waals surface area contributed by atoms with Crippen LogP contribution in [-0.2, 0) is 14.3 Å². The van der Waals surface area contributed by atoms with Gasteiger partial charge in [0.05, 0.1) is 25.4 Å². The lowest BCUT2D eigenvalue weighted by Crippen LogP contribution is -2.60. The topological polar surface area (TPSA) is 149 Å². The zero-order valence-corrected chi connectivity index (χ0v) is 50.0. The van der Waals surface area contributed by atoms with Crippen molar-refractivity contribution < 1.29 is 39.8 Å². The van der Waals surface area contributed by atoms with Gasteiger partial charge in [-0.1, -0.05) is 299 Å². The Morgan fingerprint density at radius 1 is 0.455 bits per heavy atom. The van der Waals surface area contributed by atoms with E-state index in [9.17, 15) is 30.3 Å². The molecule has 0 radical (unpaired) electrons. The van der Waals surface area contributed by atoms with E-state index in [2.05, 4.69) is 79.9 Å². The number of hydrogen-bond donors (Lipinski definition) is 6. The van der Waals surface area contributed by atoms with Crippen molar-refractivity contribution in [3.63, 3.8) is 0 Å². The van der Waals surface area contributed by atoms with E-state index < -0.39 is 49.5 Å². The minimum absolute atomic E-state index is 0.173. The summed E-state index contributed by atoms with van der Waals surface area (Å²) < 4.78 is 11.3. The molecule has 1 aliphatic rings. The average molecular weight is 1080 g/mol. The molecule has 0 aromatic carbocycles. The Kier molecular flexibility index (Phi) is 53.7. The molecule has 1 saturated heterocycles. The van der Waals surface area contributed by atoms with Crippen molar-refractivity contribution in [3.8, 4) is 0 Å². The van der Waals surface area contributed by atoms with Gasteiger partial charge in [0.1, 0.15) is 24.4 Å². The van der Waals surface area contributed by atoms with E-state index in [0.29, 0.717) is 6.42 Å². The Hall–Kier alpha value is -2.37. The highest BCUT2D eigenvalue weighted by molar-refractivity contribution is 5.76. The largest absolute Gasteiger partial charge is 0.394 e. The fraction of sp³-hybridized carbons (Fsp3) is 0.809. The lowest BCUT2D eigenvalue weighted by molar-refractivity contribution is -0.302. The number of amides is 1. The van der Waals surface area contributed by atoms with Crippen LogP contribution in [0, 0.1) is 0 Å². The summed E-state index contributed by atoms with van der Waals surface area (Å²) in [5, 5.41) is 54.6. The number of aliphatic hydroxyl groups excluding tert-OH is 5. The van der Waals surface area contributed by atoms with Crippen LogP contribution in [0.5, 0.6) is 0 Å². The highest BCUT2D eigenvalue weighted by atomic mass is 16.7. The van der Waals surface area contributed by atoms with Crippen LogP contribution in [-0.4, -0.2) is 87.5 Å². The van der Waals surface area contributed by atoms with Gasteiger partial charge in [-0.15, -0.1) is 0 Å². The first-order chi connectivity index (χ1) is 37.8. The minimum Gasteiger partial charge on any atom is -0.394 e. The number of unbranched alkanes of at least 4 members (excludes halogenated alkanes) is 36. The zero-order chi connectivity index (χ0) is 55.8. The molecule has 1 fully saturated rings. The normalized spacial score (nSPS) is 19.2. The molecule has 0 aliphatic carbocycles. The maximum Gasteiger partial charge on any atom is 0.220 e. The maximum atomic E-state index is 13.1. The van der Waals surface area contributed by atoms with Crippen LogP contribution in [0.25, 0.3) is 0 Å². The van der Waals surface area contributed by atoms with Crippen LogP contribution < -0.4 is 5.32 Å². The molecule has 0 aromatic rings. The first-order valence-corrected chi connectivity index (χ1v) is 32.7. The van der Waals surface area contributed by atoms with Crippen molar-refractivity contribution >= 4 is 5.91 Å². The number of hydrogen-bond acceptors (Lipinski definition) is 8. The van der Waals surface area contributed by atoms with Gasteiger partial charge in [-0.3, -0.25) is 4.79 Å². The second-order valence-corrected chi connectivity index (χ2v) is 22.5. The highest BCUT2D eigenvalue weighted by Gasteiger charge is 2.44. The van der Waals surface area contributed by atoms with Crippen molar-refractivity contribution in [2.75, 3.05) is 13.2 Å². The summed E-state index contributed by atoms with van der Waals surface area (Å²) in [7, 11) is 0. The fourth-order valence-electron chi connectivity index (χ4n) is 10.2. The molecule has 1 aliphatic heterocycles. The van der Waals surface area contributed by atoms with Crippen LogP contribution >= 0.6 is 0 Å². The van der Waals surface area contributed by atoms with Gasteiger partial charge in [-0.2, -0.15) is 0 Å². The molecule has 1 amide bonds. The molecular formula is C68H123NO8. The zero-order valence-electron chi connectivity index (χ0n) is 50.0. The molecule has 7 atom stereocenters. The van der Waals surface area contributed by atoms with Crippen LogP contribution in [0.15, 0.2) is 72.9 Å². The molecule has 0 aromatic heterocycles. The molecule has 448 valence electrons. The molecule has 0 spiro atoms. The van der Waals surface area contributed by atoms with Crippen LogP contribution in [0.4, 0.5) is 0 Å². The van der Waals surface area contributed by atoms with Gasteiger partial charge in [0.25, 0.3) is 0 Å². The van der Waals surface area contributed by atoms with Gasteiger partial charge < -0.3 is 40.3 Å². The fourth-order valence-corrected chi connectivity index (χ4v) is 10.2. The second kappa shape index (κ2) is 56.9. The number of nitrogens with one attached hydrogen (secondary N) is 1. The molecule has 9 nitrogen and oxygen atoms in total. The minimum atomic E-state index is -1.57. The van der Waals surface area contributed by atoms with E-state index in [4.69, 9.17) is 9.47 Å². The number of carbonyl (C=O) groups excluding carboxylic acids is 1. The van der Waals surface area contributed by atoms with Gasteiger partial charge in [0, 0.05) is 6.42 Å². The first kappa shape index (κ1) is 72.6. The number of carbonyl (C=O) groups is 1. The third kappa shape index (κ3) is 46.0. The monoisotopic (exact) mass is 1080 g/mol. The lowest BCUT2D eigenvalue weighted by atomic mass is 9.99. The summed E-state index contributed by atoms with van der Waals surface area (Å²) in [5.74, 6) is -0.173. The molecule has 7 unspecified atom stereocenters. The van der Waals surface area contributed by atoms with Crippen molar-refractivity contribution in [3.05, 3.63) is 72.9 Å². The van der Waals surface area contributed by atoms with E-state index in [1.807, 2.05) is 6.08 Å². The predicted octanol–water partition coefficient (Wildman–Crippen LogP) is 17.2.